The van der Waals surface area contributed by atoms with Gasteiger partial charge in [-0.3, -0.25) is 4.79 Å². The number of rotatable bonds is 5. The molecule has 0 aliphatic carbocycles. The molecule has 2 aromatic carbocycles. The van der Waals surface area contributed by atoms with Crippen LogP contribution in [0.5, 0.6) is 17.2 Å². The van der Waals surface area contributed by atoms with Gasteiger partial charge in [0.15, 0.2) is 18.1 Å². The van der Waals surface area contributed by atoms with Crippen LogP contribution in [0, 0.1) is 13.8 Å². The highest BCUT2D eigenvalue weighted by Gasteiger charge is 2.17. The van der Waals surface area contributed by atoms with Gasteiger partial charge in [-0.15, -0.1) is 0 Å². The Balaban J connectivity index is 1.58. The van der Waals surface area contributed by atoms with Gasteiger partial charge in [-0.25, -0.2) is 0 Å². The van der Waals surface area contributed by atoms with Gasteiger partial charge in [0.25, 0.3) is 5.91 Å². The number of ether oxygens (including phenoxy) is 3. The number of carbonyl (C=O) groups excluding carboxylic acids is 1. The summed E-state index contributed by atoms with van der Waals surface area (Å²) >= 11 is 0. The van der Waals surface area contributed by atoms with E-state index in [0.29, 0.717) is 5.75 Å². The lowest BCUT2D eigenvalue weighted by Crippen LogP contribution is -2.31. The van der Waals surface area contributed by atoms with Crippen LogP contribution >= 0.6 is 0 Å². The van der Waals surface area contributed by atoms with E-state index >= 15 is 0 Å². The molecule has 5 heteroatoms. The van der Waals surface area contributed by atoms with E-state index < -0.39 is 0 Å². The first-order valence-corrected chi connectivity index (χ1v) is 7.92. The van der Waals surface area contributed by atoms with Gasteiger partial charge in [0.05, 0.1) is 6.04 Å². The van der Waals surface area contributed by atoms with Gasteiger partial charge in [-0.05, 0) is 49.6 Å². The molecule has 1 amide bonds. The Kier molecular flexibility index (Phi) is 4.60. The molecule has 126 valence electrons. The van der Waals surface area contributed by atoms with Crippen LogP contribution in [0.15, 0.2) is 36.4 Å². The first kappa shape index (κ1) is 16.2. The van der Waals surface area contributed by atoms with Crippen LogP contribution in [-0.2, 0) is 4.79 Å². The zero-order chi connectivity index (χ0) is 17.1. The smallest absolute Gasteiger partial charge is 0.258 e. The fourth-order valence-electron chi connectivity index (χ4n) is 2.71. The number of nitrogens with one attached hydrogen (secondary N) is 1. The van der Waals surface area contributed by atoms with Gasteiger partial charge in [0.2, 0.25) is 6.79 Å². The van der Waals surface area contributed by atoms with Crippen molar-refractivity contribution >= 4 is 5.91 Å². The highest BCUT2D eigenvalue weighted by molar-refractivity contribution is 5.78. The Labute approximate surface area is 141 Å². The van der Waals surface area contributed by atoms with Crippen molar-refractivity contribution in [2.24, 2.45) is 0 Å². The van der Waals surface area contributed by atoms with Crippen molar-refractivity contribution in [3.63, 3.8) is 0 Å². The first-order chi connectivity index (χ1) is 11.5. The maximum absolute atomic E-state index is 12.2. The number of carbonyl (C=O) groups is 1. The van der Waals surface area contributed by atoms with Crippen LogP contribution in [0.4, 0.5) is 0 Å². The highest BCUT2D eigenvalue weighted by atomic mass is 16.7. The van der Waals surface area contributed by atoms with Gasteiger partial charge in [0.1, 0.15) is 5.75 Å². The largest absolute Gasteiger partial charge is 0.483 e. The highest BCUT2D eigenvalue weighted by Crippen LogP contribution is 2.34. The van der Waals surface area contributed by atoms with Crippen molar-refractivity contribution < 1.29 is 19.0 Å². The van der Waals surface area contributed by atoms with Crippen molar-refractivity contribution in [1.29, 1.82) is 0 Å². The molecule has 3 rings (SSSR count). The molecule has 1 atom stereocenters. The summed E-state index contributed by atoms with van der Waals surface area (Å²) in [6.07, 6.45) is 0. The summed E-state index contributed by atoms with van der Waals surface area (Å²) in [7, 11) is 0. The third kappa shape index (κ3) is 3.45. The maximum atomic E-state index is 12.2. The predicted molar refractivity (Wildman–Crippen MR) is 90.5 cm³/mol. The molecule has 1 aliphatic heterocycles. The summed E-state index contributed by atoms with van der Waals surface area (Å²) in [5, 5.41) is 2.94. The first-order valence-electron chi connectivity index (χ1n) is 7.92. The molecule has 0 bridgehead atoms. The van der Waals surface area contributed by atoms with Gasteiger partial charge in [0, 0.05) is 0 Å². The molecule has 0 aromatic heterocycles. The van der Waals surface area contributed by atoms with Crippen molar-refractivity contribution in [2.75, 3.05) is 13.4 Å². The molecule has 5 nitrogen and oxygen atoms in total. The number of amides is 1. The Morgan fingerprint density at radius 3 is 2.62 bits per heavy atom. The standard InChI is InChI=1S/C19H21NO4/c1-12-5-4-6-13(2)19(12)22-10-18(21)20-14(3)15-7-8-16-17(9-15)24-11-23-16/h4-9,14H,10-11H2,1-3H3,(H,20,21). The second-order valence-corrected chi connectivity index (χ2v) is 5.91. The van der Waals surface area contributed by atoms with Crippen LogP contribution in [0.2, 0.25) is 0 Å². The van der Waals surface area contributed by atoms with E-state index in [0.717, 1.165) is 28.2 Å². The molecule has 0 fully saturated rings. The molecule has 24 heavy (non-hydrogen) atoms. The lowest BCUT2D eigenvalue weighted by Gasteiger charge is -2.16. The van der Waals surface area contributed by atoms with Crippen LogP contribution in [0.25, 0.3) is 0 Å². The molecular formula is C19H21NO4. The van der Waals surface area contributed by atoms with Gasteiger partial charge in [-0.2, -0.15) is 0 Å². The molecule has 0 spiro atoms. The van der Waals surface area contributed by atoms with Gasteiger partial charge < -0.3 is 19.5 Å². The second-order valence-electron chi connectivity index (χ2n) is 5.91. The minimum Gasteiger partial charge on any atom is -0.483 e. The Morgan fingerprint density at radius 1 is 1.17 bits per heavy atom. The Morgan fingerprint density at radius 2 is 1.88 bits per heavy atom. The number of hydrogen-bond acceptors (Lipinski definition) is 4. The zero-order valence-electron chi connectivity index (χ0n) is 14.1. The summed E-state index contributed by atoms with van der Waals surface area (Å²) in [6, 6.07) is 11.4. The van der Waals surface area contributed by atoms with E-state index in [1.807, 2.05) is 57.2 Å². The summed E-state index contributed by atoms with van der Waals surface area (Å²) in [5.41, 5.74) is 3.00. The molecule has 1 aliphatic rings. The topological polar surface area (TPSA) is 56.8 Å². The summed E-state index contributed by atoms with van der Waals surface area (Å²) in [5.74, 6) is 2.04. The normalized spacial score (nSPS) is 13.5. The molecule has 1 N–H and O–H groups in total. The number of benzene rings is 2. The quantitative estimate of drug-likeness (QED) is 0.915. The monoisotopic (exact) mass is 327 g/mol. The second kappa shape index (κ2) is 6.83. The SMILES string of the molecule is Cc1cccc(C)c1OCC(=O)NC(C)c1ccc2c(c1)OCO2. The summed E-state index contributed by atoms with van der Waals surface area (Å²) in [4.78, 5) is 12.2. The molecule has 1 unspecified atom stereocenters. The molecule has 0 saturated heterocycles. The van der Waals surface area contributed by atoms with E-state index in [2.05, 4.69) is 5.32 Å². The van der Waals surface area contributed by atoms with E-state index in [-0.39, 0.29) is 25.3 Å². The third-order valence-electron chi connectivity index (χ3n) is 4.03. The fraction of sp³-hybridized carbons (Fsp3) is 0.316. The summed E-state index contributed by atoms with van der Waals surface area (Å²) < 4.78 is 16.3. The molecule has 1 heterocycles. The van der Waals surface area contributed by atoms with Crippen molar-refractivity contribution in [3.8, 4) is 17.2 Å². The molecule has 0 saturated carbocycles. The van der Waals surface area contributed by atoms with Crippen molar-refractivity contribution in [2.45, 2.75) is 26.8 Å². The Bertz CT molecular complexity index is 737. The maximum Gasteiger partial charge on any atom is 0.258 e. The van der Waals surface area contributed by atoms with Crippen molar-refractivity contribution in [3.05, 3.63) is 53.1 Å². The molecule has 0 radical (unpaired) electrons. The number of hydrogen-bond donors (Lipinski definition) is 1. The predicted octanol–water partition coefficient (Wildman–Crippen LogP) is 3.29. The average Bonchev–Trinajstić information content (AvgIpc) is 3.01. The van der Waals surface area contributed by atoms with E-state index in [1.165, 1.54) is 0 Å². The molecular weight excluding hydrogens is 306 g/mol. The van der Waals surface area contributed by atoms with E-state index in [4.69, 9.17) is 14.2 Å². The minimum atomic E-state index is -0.164. The molecule has 2 aromatic rings. The number of fused-ring (bicyclic) bond motifs is 1. The van der Waals surface area contributed by atoms with Crippen LogP contribution < -0.4 is 19.5 Å². The fourth-order valence-corrected chi connectivity index (χ4v) is 2.71. The lowest BCUT2D eigenvalue weighted by atomic mass is 10.1. The third-order valence-corrected chi connectivity index (χ3v) is 4.03. The van der Waals surface area contributed by atoms with E-state index in [1.54, 1.807) is 0 Å². The van der Waals surface area contributed by atoms with Crippen LogP contribution in [0.1, 0.15) is 29.7 Å². The van der Waals surface area contributed by atoms with E-state index in [9.17, 15) is 4.79 Å². The summed E-state index contributed by atoms with van der Waals surface area (Å²) in [6.45, 7) is 6.09. The lowest BCUT2D eigenvalue weighted by molar-refractivity contribution is -0.123. The number of para-hydroxylation sites is 1. The van der Waals surface area contributed by atoms with Crippen LogP contribution in [0.3, 0.4) is 0 Å². The van der Waals surface area contributed by atoms with Gasteiger partial charge in [-0.1, -0.05) is 24.3 Å². The van der Waals surface area contributed by atoms with Gasteiger partial charge >= 0.3 is 0 Å². The average molecular weight is 327 g/mol. The zero-order valence-corrected chi connectivity index (χ0v) is 14.1. The number of aryl methyl sites for hydroxylation is 2. The van der Waals surface area contributed by atoms with Crippen LogP contribution in [-0.4, -0.2) is 19.3 Å². The minimum absolute atomic E-state index is 0.0133. The van der Waals surface area contributed by atoms with Crippen molar-refractivity contribution in [1.82, 2.24) is 5.32 Å². The Hall–Kier alpha value is -2.69.